The van der Waals surface area contributed by atoms with E-state index < -0.39 is 12.1 Å². The number of carbonyl (C=O) groups is 2. The molecule has 328 valence electrons. The molecule has 56 heavy (non-hydrogen) atoms. The number of aliphatic hydroxyl groups excluding tert-OH is 2. The molecule has 0 aromatic rings. The number of esters is 1. The largest absolute Gasteiger partial charge is 0.466 e. The van der Waals surface area contributed by atoms with Crippen LogP contribution in [0.15, 0.2) is 36.5 Å². The van der Waals surface area contributed by atoms with Gasteiger partial charge in [0.1, 0.15) is 0 Å². The van der Waals surface area contributed by atoms with Gasteiger partial charge in [0.25, 0.3) is 0 Å². The van der Waals surface area contributed by atoms with Gasteiger partial charge in [-0.05, 0) is 83.5 Å². The Morgan fingerprint density at radius 1 is 0.500 bits per heavy atom. The number of carbonyl (C=O) groups excluding carboxylic acids is 2. The fourth-order valence-corrected chi connectivity index (χ4v) is 7.13. The summed E-state index contributed by atoms with van der Waals surface area (Å²) in [4.78, 5) is 24.4. The third kappa shape index (κ3) is 41.7. The number of allylic oxidation sites excluding steroid dienone is 6. The van der Waals surface area contributed by atoms with Crippen LogP contribution in [-0.2, 0) is 14.3 Å². The molecule has 1 amide bonds. The van der Waals surface area contributed by atoms with Gasteiger partial charge in [0.05, 0.1) is 25.4 Å². The highest BCUT2D eigenvalue weighted by molar-refractivity contribution is 5.76. The van der Waals surface area contributed by atoms with Gasteiger partial charge in [-0.15, -0.1) is 0 Å². The summed E-state index contributed by atoms with van der Waals surface area (Å²) in [6.07, 6.45) is 53.9. The summed E-state index contributed by atoms with van der Waals surface area (Å²) in [5, 5.41) is 23.1. The van der Waals surface area contributed by atoms with Crippen LogP contribution in [0.1, 0.15) is 245 Å². The molecule has 0 saturated heterocycles. The van der Waals surface area contributed by atoms with Crippen LogP contribution in [0.4, 0.5) is 0 Å². The van der Waals surface area contributed by atoms with Gasteiger partial charge in [-0.1, -0.05) is 185 Å². The lowest BCUT2D eigenvalue weighted by Crippen LogP contribution is -2.45. The number of aliphatic hydroxyl groups is 2. The van der Waals surface area contributed by atoms with Gasteiger partial charge in [0, 0.05) is 12.8 Å². The van der Waals surface area contributed by atoms with Crippen molar-refractivity contribution in [1.82, 2.24) is 5.32 Å². The standard InChI is InChI=1S/C50H93NO5/c1-3-5-7-9-11-13-15-16-17-18-19-20-24-28-32-36-40-44-50(55)56-45-41-37-33-29-25-21-23-27-31-35-39-43-49(54)51-47(46-52)48(53)42-38-34-30-26-22-14-12-10-8-6-4-2/h11,13,16-17,25,29,47-48,52-53H,3-10,12,14-15,18-24,26-28,30-46H2,1-2H3,(H,51,54)/b13-11-,17-16-,29-25-. The van der Waals surface area contributed by atoms with Gasteiger partial charge in [0.15, 0.2) is 0 Å². The smallest absolute Gasteiger partial charge is 0.305 e. The summed E-state index contributed by atoms with van der Waals surface area (Å²) in [6, 6.07) is -0.562. The van der Waals surface area contributed by atoms with Crippen LogP contribution in [-0.4, -0.2) is 47.4 Å². The third-order valence-electron chi connectivity index (χ3n) is 10.9. The predicted molar refractivity (Wildman–Crippen MR) is 241 cm³/mol. The van der Waals surface area contributed by atoms with Crippen LogP contribution in [0.2, 0.25) is 0 Å². The first-order valence-electron chi connectivity index (χ1n) is 24.2. The SMILES string of the molecule is CCCCC/C=C\C/C=C\CCCCCCCCCC(=O)OCCCC/C=C\CCCCCCCC(=O)NC(CO)C(O)CCCCCCCCCCCCC. The highest BCUT2D eigenvalue weighted by atomic mass is 16.5. The molecule has 2 unspecified atom stereocenters. The summed E-state index contributed by atoms with van der Waals surface area (Å²) in [5.41, 5.74) is 0. The third-order valence-corrected chi connectivity index (χ3v) is 10.9. The van der Waals surface area contributed by atoms with Gasteiger partial charge in [-0.2, -0.15) is 0 Å². The topological polar surface area (TPSA) is 95.9 Å². The van der Waals surface area contributed by atoms with Crippen molar-refractivity contribution >= 4 is 11.9 Å². The minimum atomic E-state index is -0.681. The van der Waals surface area contributed by atoms with Crippen LogP contribution < -0.4 is 5.32 Å². The van der Waals surface area contributed by atoms with Crippen molar-refractivity contribution in [2.75, 3.05) is 13.2 Å². The minimum absolute atomic E-state index is 0.0399. The normalized spacial score (nSPS) is 13.0. The van der Waals surface area contributed by atoms with Crippen molar-refractivity contribution in [2.45, 2.75) is 257 Å². The number of hydrogen-bond acceptors (Lipinski definition) is 5. The molecular weight excluding hydrogens is 695 g/mol. The summed E-state index contributed by atoms with van der Waals surface area (Å²) in [7, 11) is 0. The Morgan fingerprint density at radius 3 is 1.41 bits per heavy atom. The summed E-state index contributed by atoms with van der Waals surface area (Å²) < 4.78 is 5.43. The van der Waals surface area contributed by atoms with E-state index in [1.807, 2.05) is 0 Å². The first-order valence-corrected chi connectivity index (χ1v) is 24.2. The van der Waals surface area contributed by atoms with Crippen LogP contribution in [0.3, 0.4) is 0 Å². The Bertz CT molecular complexity index is 915. The quantitative estimate of drug-likeness (QED) is 0.0325. The van der Waals surface area contributed by atoms with Crippen LogP contribution in [0, 0.1) is 0 Å². The maximum absolute atomic E-state index is 12.4. The Hall–Kier alpha value is -1.92. The molecule has 0 spiro atoms. The van der Waals surface area contributed by atoms with Crippen LogP contribution in [0.5, 0.6) is 0 Å². The molecule has 0 heterocycles. The van der Waals surface area contributed by atoms with Crippen molar-refractivity contribution in [2.24, 2.45) is 0 Å². The predicted octanol–water partition coefficient (Wildman–Crippen LogP) is 14.1. The number of ether oxygens (including phenoxy) is 1. The molecule has 0 aromatic carbocycles. The Kier molecular flexibility index (Phi) is 44.2. The lowest BCUT2D eigenvalue weighted by molar-refractivity contribution is -0.143. The fraction of sp³-hybridized carbons (Fsp3) is 0.840. The molecule has 0 fully saturated rings. The van der Waals surface area contributed by atoms with E-state index >= 15 is 0 Å². The molecule has 0 aliphatic carbocycles. The van der Waals surface area contributed by atoms with E-state index in [1.165, 1.54) is 122 Å². The van der Waals surface area contributed by atoms with E-state index in [0.29, 0.717) is 25.9 Å². The summed E-state index contributed by atoms with van der Waals surface area (Å²) >= 11 is 0. The van der Waals surface area contributed by atoms with Gasteiger partial charge < -0.3 is 20.3 Å². The molecule has 0 radical (unpaired) electrons. The number of amides is 1. The lowest BCUT2D eigenvalue weighted by atomic mass is 10.0. The molecular formula is C50H93NO5. The van der Waals surface area contributed by atoms with Crippen molar-refractivity contribution in [3.05, 3.63) is 36.5 Å². The zero-order valence-corrected chi connectivity index (χ0v) is 37.1. The molecule has 0 bridgehead atoms. The molecule has 3 N–H and O–H groups in total. The number of hydrogen-bond donors (Lipinski definition) is 3. The molecule has 2 atom stereocenters. The van der Waals surface area contributed by atoms with Crippen molar-refractivity contribution in [3.63, 3.8) is 0 Å². The first kappa shape index (κ1) is 54.1. The second-order valence-corrected chi connectivity index (χ2v) is 16.4. The Morgan fingerprint density at radius 2 is 0.893 bits per heavy atom. The molecule has 0 aromatic heterocycles. The molecule has 0 saturated carbocycles. The fourth-order valence-electron chi connectivity index (χ4n) is 7.13. The van der Waals surface area contributed by atoms with E-state index in [4.69, 9.17) is 4.74 Å². The Balaban J connectivity index is 3.52. The highest BCUT2D eigenvalue weighted by Gasteiger charge is 2.20. The van der Waals surface area contributed by atoms with Crippen molar-refractivity contribution < 1.29 is 24.5 Å². The molecule has 0 aliphatic rings. The first-order chi connectivity index (χ1) is 27.5. The lowest BCUT2D eigenvalue weighted by Gasteiger charge is -2.22. The van der Waals surface area contributed by atoms with E-state index in [9.17, 15) is 19.8 Å². The van der Waals surface area contributed by atoms with E-state index in [-0.39, 0.29) is 18.5 Å². The Labute approximate surface area is 347 Å². The van der Waals surface area contributed by atoms with Gasteiger partial charge in [-0.25, -0.2) is 0 Å². The molecule has 6 heteroatoms. The number of unbranched alkanes of at least 4 members (excludes halogenated alkanes) is 27. The van der Waals surface area contributed by atoms with E-state index in [2.05, 4.69) is 55.6 Å². The highest BCUT2D eigenvalue weighted by Crippen LogP contribution is 2.15. The summed E-state index contributed by atoms with van der Waals surface area (Å²) in [5.74, 6) is -0.107. The number of nitrogens with one attached hydrogen (secondary N) is 1. The monoisotopic (exact) mass is 788 g/mol. The zero-order chi connectivity index (χ0) is 40.8. The van der Waals surface area contributed by atoms with E-state index in [0.717, 1.165) is 89.9 Å². The van der Waals surface area contributed by atoms with Crippen molar-refractivity contribution in [3.8, 4) is 0 Å². The minimum Gasteiger partial charge on any atom is -0.466 e. The number of rotatable bonds is 44. The summed E-state index contributed by atoms with van der Waals surface area (Å²) in [6.45, 7) is 4.82. The van der Waals surface area contributed by atoms with E-state index in [1.54, 1.807) is 0 Å². The maximum Gasteiger partial charge on any atom is 0.305 e. The van der Waals surface area contributed by atoms with Crippen molar-refractivity contribution in [1.29, 1.82) is 0 Å². The van der Waals surface area contributed by atoms with Crippen LogP contribution in [0.25, 0.3) is 0 Å². The maximum atomic E-state index is 12.4. The zero-order valence-electron chi connectivity index (χ0n) is 37.1. The van der Waals surface area contributed by atoms with Crippen LogP contribution >= 0.6 is 0 Å². The van der Waals surface area contributed by atoms with Gasteiger partial charge in [0.2, 0.25) is 5.91 Å². The van der Waals surface area contributed by atoms with Gasteiger partial charge in [-0.3, -0.25) is 9.59 Å². The molecule has 0 rings (SSSR count). The molecule has 6 nitrogen and oxygen atoms in total. The average Bonchev–Trinajstić information content (AvgIpc) is 3.20. The second kappa shape index (κ2) is 45.8. The average molecular weight is 788 g/mol. The van der Waals surface area contributed by atoms with Gasteiger partial charge >= 0.3 is 5.97 Å². The second-order valence-electron chi connectivity index (χ2n) is 16.4. The molecule has 0 aliphatic heterocycles.